The third-order valence-corrected chi connectivity index (χ3v) is 5.92. The number of hydrogen-bond donors (Lipinski definition) is 2. The van der Waals surface area contributed by atoms with Crippen molar-refractivity contribution in [3.05, 3.63) is 28.8 Å². The molecule has 3 heterocycles. The molecular weight excluding hydrogens is 334 g/mol. The highest BCUT2D eigenvalue weighted by Crippen LogP contribution is 2.53. The Hall–Kier alpha value is -2.25. The number of benzene rings is 1. The number of ether oxygens (including phenoxy) is 1. The lowest BCUT2D eigenvalue weighted by Gasteiger charge is -2.29. The van der Waals surface area contributed by atoms with Crippen LogP contribution in [0.15, 0.2) is 12.1 Å². The average Bonchev–Trinajstić information content (AvgIpc) is 3.13. The van der Waals surface area contributed by atoms with E-state index in [-0.39, 0.29) is 36.9 Å². The van der Waals surface area contributed by atoms with Gasteiger partial charge >= 0.3 is 0 Å². The van der Waals surface area contributed by atoms with Gasteiger partial charge in [0.25, 0.3) is 0 Å². The summed E-state index contributed by atoms with van der Waals surface area (Å²) in [6.45, 7) is 6.27. The molecule has 3 aliphatic rings. The molecule has 7 nitrogen and oxygen atoms in total. The Labute approximate surface area is 152 Å². The van der Waals surface area contributed by atoms with Gasteiger partial charge < -0.3 is 10.1 Å². The maximum absolute atomic E-state index is 13.2. The number of aryl methyl sites for hydroxylation is 2. The van der Waals surface area contributed by atoms with Crippen molar-refractivity contribution in [2.45, 2.75) is 32.4 Å². The van der Waals surface area contributed by atoms with Gasteiger partial charge in [0.15, 0.2) is 0 Å². The Balaban J connectivity index is 1.86. The number of fused-ring (bicyclic) bond motifs is 4. The maximum Gasteiger partial charge on any atom is 0.250 e. The summed E-state index contributed by atoms with van der Waals surface area (Å²) in [6.07, 6.45) is 0. The van der Waals surface area contributed by atoms with Crippen LogP contribution in [0, 0.1) is 25.7 Å². The van der Waals surface area contributed by atoms with Crippen LogP contribution in [0.3, 0.4) is 0 Å². The highest BCUT2D eigenvalue weighted by atomic mass is 16.5. The van der Waals surface area contributed by atoms with Crippen LogP contribution in [0.5, 0.6) is 0 Å². The van der Waals surface area contributed by atoms with Crippen molar-refractivity contribution in [3.63, 3.8) is 0 Å². The fourth-order valence-electron chi connectivity index (χ4n) is 4.88. The minimum absolute atomic E-state index is 0.214. The molecule has 3 amide bonds. The van der Waals surface area contributed by atoms with E-state index in [4.69, 9.17) is 4.74 Å². The SMILES string of the molecule is COCCN1C(=O)[C@@H]2[C@H](C)N[C@@]3(C(=O)Nc4c(C)cc(C)cc43)[C@@H]2C1=O. The van der Waals surface area contributed by atoms with Gasteiger partial charge in [-0.25, -0.2) is 0 Å². The van der Waals surface area contributed by atoms with Crippen molar-refractivity contribution in [3.8, 4) is 0 Å². The van der Waals surface area contributed by atoms with Gasteiger partial charge in [0.1, 0.15) is 5.54 Å². The minimum atomic E-state index is -1.19. The molecule has 0 aromatic heterocycles. The number of carbonyl (C=O) groups is 3. The summed E-state index contributed by atoms with van der Waals surface area (Å²) < 4.78 is 5.03. The molecule has 2 saturated heterocycles. The molecule has 0 bridgehead atoms. The van der Waals surface area contributed by atoms with E-state index >= 15 is 0 Å². The van der Waals surface area contributed by atoms with Crippen LogP contribution >= 0.6 is 0 Å². The van der Waals surface area contributed by atoms with Crippen molar-refractivity contribution >= 4 is 23.4 Å². The van der Waals surface area contributed by atoms with Gasteiger partial charge in [0.05, 0.1) is 25.0 Å². The number of rotatable bonds is 3. The number of amides is 3. The van der Waals surface area contributed by atoms with Crippen LogP contribution in [-0.4, -0.2) is 48.9 Å². The lowest BCUT2D eigenvalue weighted by molar-refractivity contribution is -0.143. The molecule has 4 rings (SSSR count). The molecule has 7 heteroatoms. The predicted octanol–water partition coefficient (Wildman–Crippen LogP) is 0.690. The summed E-state index contributed by atoms with van der Waals surface area (Å²) in [5, 5.41) is 6.26. The Morgan fingerprint density at radius 3 is 2.62 bits per heavy atom. The first-order valence-electron chi connectivity index (χ1n) is 8.88. The van der Waals surface area contributed by atoms with Crippen LogP contribution in [0.1, 0.15) is 23.6 Å². The second kappa shape index (κ2) is 5.62. The zero-order valence-corrected chi connectivity index (χ0v) is 15.4. The van der Waals surface area contributed by atoms with Crippen LogP contribution < -0.4 is 10.6 Å². The van der Waals surface area contributed by atoms with Crippen molar-refractivity contribution in [1.29, 1.82) is 0 Å². The third kappa shape index (κ3) is 1.98. The molecule has 1 aromatic carbocycles. The highest BCUT2D eigenvalue weighted by Gasteiger charge is 2.69. The fourth-order valence-corrected chi connectivity index (χ4v) is 4.88. The Bertz CT molecular complexity index is 836. The zero-order chi connectivity index (χ0) is 18.8. The lowest BCUT2D eigenvalue weighted by atomic mass is 9.76. The lowest BCUT2D eigenvalue weighted by Crippen LogP contribution is -2.53. The standard InChI is InChI=1S/C19H23N3O4/c1-9-7-10(2)15-12(8-9)19(18(25)20-15)14-13(11(3)21-19)16(23)22(17(14)24)5-6-26-4/h7-8,11,13-14,21H,5-6H2,1-4H3,(H,20,25)/t11-,13+,14-,19+/m0/s1. The molecule has 4 atom stereocenters. The highest BCUT2D eigenvalue weighted by molar-refractivity contribution is 6.15. The molecule has 1 spiro atoms. The Morgan fingerprint density at radius 1 is 1.19 bits per heavy atom. The predicted molar refractivity (Wildman–Crippen MR) is 94.4 cm³/mol. The molecule has 0 saturated carbocycles. The molecule has 0 unspecified atom stereocenters. The van der Waals surface area contributed by atoms with Crippen molar-refractivity contribution in [2.75, 3.05) is 25.6 Å². The van der Waals surface area contributed by atoms with E-state index in [1.54, 1.807) is 0 Å². The molecule has 2 fully saturated rings. The minimum Gasteiger partial charge on any atom is -0.383 e. The van der Waals surface area contributed by atoms with Crippen LogP contribution in [-0.2, 0) is 24.7 Å². The molecule has 138 valence electrons. The van der Waals surface area contributed by atoms with E-state index in [0.29, 0.717) is 0 Å². The van der Waals surface area contributed by atoms with Crippen molar-refractivity contribution in [1.82, 2.24) is 10.2 Å². The summed E-state index contributed by atoms with van der Waals surface area (Å²) in [5.74, 6) is -2.05. The molecule has 3 aliphatic heterocycles. The number of likely N-dealkylation sites (tertiary alicyclic amines) is 1. The van der Waals surface area contributed by atoms with Crippen LogP contribution in [0.25, 0.3) is 0 Å². The first kappa shape index (κ1) is 17.2. The first-order valence-corrected chi connectivity index (χ1v) is 8.88. The summed E-state index contributed by atoms with van der Waals surface area (Å²) in [5.41, 5.74) is 2.30. The molecular formula is C19H23N3O4. The Kier molecular flexibility index (Phi) is 3.71. The number of anilines is 1. The number of methoxy groups -OCH3 is 1. The normalized spacial score (nSPS) is 32.4. The number of nitrogens with zero attached hydrogens (tertiary/aromatic N) is 1. The second-order valence-corrected chi connectivity index (χ2v) is 7.52. The second-order valence-electron chi connectivity index (χ2n) is 7.52. The van der Waals surface area contributed by atoms with Gasteiger partial charge in [-0.1, -0.05) is 17.7 Å². The third-order valence-electron chi connectivity index (χ3n) is 5.92. The summed E-state index contributed by atoms with van der Waals surface area (Å²) in [6, 6.07) is 3.67. The Morgan fingerprint density at radius 2 is 1.92 bits per heavy atom. The van der Waals surface area contributed by atoms with Crippen LogP contribution in [0.4, 0.5) is 5.69 Å². The molecule has 2 N–H and O–H groups in total. The summed E-state index contributed by atoms with van der Waals surface area (Å²) in [4.78, 5) is 40.4. The summed E-state index contributed by atoms with van der Waals surface area (Å²) in [7, 11) is 1.53. The maximum atomic E-state index is 13.2. The van der Waals surface area contributed by atoms with E-state index in [1.807, 2.05) is 32.9 Å². The molecule has 1 aromatic rings. The van der Waals surface area contributed by atoms with Gasteiger partial charge in [-0.3, -0.25) is 24.6 Å². The van der Waals surface area contributed by atoms with Gasteiger partial charge in [0.2, 0.25) is 17.7 Å². The molecule has 0 aliphatic carbocycles. The van der Waals surface area contributed by atoms with E-state index in [0.717, 1.165) is 22.4 Å². The van der Waals surface area contributed by atoms with Crippen molar-refractivity contribution in [2.24, 2.45) is 11.8 Å². The van der Waals surface area contributed by atoms with E-state index < -0.39 is 17.4 Å². The number of hydrogen-bond acceptors (Lipinski definition) is 5. The fraction of sp³-hybridized carbons (Fsp3) is 0.526. The molecule has 0 radical (unpaired) electrons. The number of carbonyl (C=O) groups excluding carboxylic acids is 3. The topological polar surface area (TPSA) is 87.7 Å². The van der Waals surface area contributed by atoms with Gasteiger partial charge in [-0.2, -0.15) is 0 Å². The van der Waals surface area contributed by atoms with E-state index in [9.17, 15) is 14.4 Å². The number of nitrogens with one attached hydrogen (secondary N) is 2. The van der Waals surface area contributed by atoms with Crippen LogP contribution in [0.2, 0.25) is 0 Å². The average molecular weight is 357 g/mol. The molecule has 26 heavy (non-hydrogen) atoms. The zero-order valence-electron chi connectivity index (χ0n) is 15.4. The monoisotopic (exact) mass is 357 g/mol. The summed E-state index contributed by atoms with van der Waals surface area (Å²) >= 11 is 0. The van der Waals surface area contributed by atoms with E-state index in [2.05, 4.69) is 10.6 Å². The van der Waals surface area contributed by atoms with Gasteiger partial charge in [-0.15, -0.1) is 0 Å². The first-order chi connectivity index (χ1) is 12.3. The van der Waals surface area contributed by atoms with Crippen molar-refractivity contribution < 1.29 is 19.1 Å². The number of imide groups is 1. The van der Waals surface area contributed by atoms with E-state index in [1.165, 1.54) is 12.0 Å². The smallest absolute Gasteiger partial charge is 0.250 e. The van der Waals surface area contributed by atoms with Gasteiger partial charge in [0, 0.05) is 24.4 Å². The quantitative estimate of drug-likeness (QED) is 0.777. The largest absolute Gasteiger partial charge is 0.383 e. The van der Waals surface area contributed by atoms with Gasteiger partial charge in [-0.05, 0) is 26.3 Å².